The third-order valence-corrected chi connectivity index (χ3v) is 4.86. The zero-order valence-electron chi connectivity index (χ0n) is 9.70. The van der Waals surface area contributed by atoms with Crippen LogP contribution in [0.4, 0.5) is 10.1 Å². The van der Waals surface area contributed by atoms with Crippen molar-refractivity contribution in [2.24, 2.45) is 0 Å². The summed E-state index contributed by atoms with van der Waals surface area (Å²) in [7, 11) is -3.87. The highest BCUT2D eigenvalue weighted by molar-refractivity contribution is 9.10. The molecule has 0 radical (unpaired) electrons. The number of rotatable bonds is 3. The Morgan fingerprint density at radius 2 is 1.85 bits per heavy atom. The van der Waals surface area contributed by atoms with Crippen molar-refractivity contribution >= 4 is 54.8 Å². The van der Waals surface area contributed by atoms with Crippen molar-refractivity contribution in [3.8, 4) is 0 Å². The van der Waals surface area contributed by atoms with E-state index in [0.29, 0.717) is 0 Å². The van der Waals surface area contributed by atoms with Crippen molar-refractivity contribution in [1.29, 1.82) is 0 Å². The fraction of sp³-hybridized carbons (Fsp3) is 0. The Labute approximate surface area is 133 Å². The van der Waals surface area contributed by atoms with Gasteiger partial charge in [0.25, 0.3) is 10.0 Å². The van der Waals surface area contributed by atoms with Gasteiger partial charge in [-0.1, -0.05) is 29.3 Å². The lowest BCUT2D eigenvalue weighted by molar-refractivity contribution is 0.601. The van der Waals surface area contributed by atoms with Crippen molar-refractivity contribution in [3.63, 3.8) is 0 Å². The van der Waals surface area contributed by atoms with Crippen LogP contribution in [0, 0.1) is 5.82 Å². The smallest absolute Gasteiger partial charge is 0.262 e. The number of halogens is 4. The lowest BCUT2D eigenvalue weighted by atomic mass is 10.3. The highest BCUT2D eigenvalue weighted by Crippen LogP contribution is 2.33. The maximum absolute atomic E-state index is 13.1. The van der Waals surface area contributed by atoms with Crippen LogP contribution in [-0.2, 0) is 10.0 Å². The first kappa shape index (κ1) is 15.6. The molecule has 0 aliphatic carbocycles. The van der Waals surface area contributed by atoms with Crippen LogP contribution < -0.4 is 4.72 Å². The third-order valence-electron chi connectivity index (χ3n) is 2.35. The molecule has 0 bridgehead atoms. The summed E-state index contributed by atoms with van der Waals surface area (Å²) in [5.74, 6) is -0.576. The first-order valence-electron chi connectivity index (χ1n) is 5.22. The largest absolute Gasteiger partial charge is 0.277 e. The van der Waals surface area contributed by atoms with Gasteiger partial charge in [-0.25, -0.2) is 12.8 Å². The molecule has 2 rings (SSSR count). The van der Waals surface area contributed by atoms with Crippen molar-refractivity contribution in [1.82, 2.24) is 0 Å². The van der Waals surface area contributed by atoms with E-state index in [1.54, 1.807) is 6.07 Å². The maximum Gasteiger partial charge on any atom is 0.262 e. The Hall–Kier alpha value is -0.820. The molecule has 0 aliphatic rings. The minimum Gasteiger partial charge on any atom is -0.277 e. The molecule has 8 heteroatoms. The van der Waals surface area contributed by atoms with Crippen LogP contribution in [-0.4, -0.2) is 8.42 Å². The quantitative estimate of drug-likeness (QED) is 0.814. The van der Waals surface area contributed by atoms with Gasteiger partial charge in [-0.2, -0.15) is 0 Å². The summed E-state index contributed by atoms with van der Waals surface area (Å²) in [6.45, 7) is 0. The van der Waals surface area contributed by atoms with Gasteiger partial charge in [0.1, 0.15) is 5.82 Å². The molecule has 0 spiro atoms. The van der Waals surface area contributed by atoms with Crippen molar-refractivity contribution in [3.05, 3.63) is 56.7 Å². The summed E-state index contributed by atoms with van der Waals surface area (Å²) in [4.78, 5) is -0.0164. The molecule has 2 aromatic rings. The maximum atomic E-state index is 13.1. The summed E-state index contributed by atoms with van der Waals surface area (Å²) < 4.78 is 40.0. The summed E-state index contributed by atoms with van der Waals surface area (Å²) in [5.41, 5.74) is 0.0630. The Balaban J connectivity index is 2.44. The number of hydrogen-bond donors (Lipinski definition) is 1. The molecule has 0 aromatic heterocycles. The van der Waals surface area contributed by atoms with Crippen LogP contribution in [0.25, 0.3) is 0 Å². The van der Waals surface area contributed by atoms with Gasteiger partial charge >= 0.3 is 0 Å². The van der Waals surface area contributed by atoms with Gasteiger partial charge in [0.15, 0.2) is 0 Å². The molecule has 3 nitrogen and oxygen atoms in total. The molecule has 0 heterocycles. The highest BCUT2D eigenvalue weighted by atomic mass is 79.9. The van der Waals surface area contributed by atoms with Gasteiger partial charge in [-0.3, -0.25) is 4.72 Å². The van der Waals surface area contributed by atoms with Crippen LogP contribution in [0.15, 0.2) is 45.8 Å². The molecule has 0 unspecified atom stereocenters. The van der Waals surface area contributed by atoms with E-state index in [4.69, 9.17) is 23.2 Å². The fourth-order valence-corrected chi connectivity index (χ4v) is 3.95. The Bertz CT molecular complexity index is 745. The standard InChI is InChI=1S/C12H7BrCl2FNO2S/c13-10-5-8(16)6-11(15)12(10)17-20(18,19)9-3-1-2-7(14)4-9/h1-6,17H. The molecule has 106 valence electrons. The molecule has 20 heavy (non-hydrogen) atoms. The molecule has 2 aromatic carbocycles. The van der Waals surface area contributed by atoms with E-state index in [0.717, 1.165) is 12.1 Å². The van der Waals surface area contributed by atoms with Gasteiger partial charge in [0.05, 0.1) is 15.6 Å². The molecular weight excluding hydrogens is 392 g/mol. The highest BCUT2D eigenvalue weighted by Gasteiger charge is 2.18. The van der Waals surface area contributed by atoms with E-state index in [9.17, 15) is 12.8 Å². The molecule has 0 fully saturated rings. The average Bonchev–Trinajstić information content (AvgIpc) is 2.34. The van der Waals surface area contributed by atoms with Gasteiger partial charge < -0.3 is 0 Å². The SMILES string of the molecule is O=S(=O)(Nc1c(Cl)cc(F)cc1Br)c1cccc(Cl)c1. The van der Waals surface area contributed by atoms with E-state index in [1.165, 1.54) is 18.2 Å². The van der Waals surface area contributed by atoms with E-state index in [2.05, 4.69) is 20.7 Å². The number of benzene rings is 2. The third kappa shape index (κ3) is 3.44. The second-order valence-electron chi connectivity index (χ2n) is 3.81. The number of anilines is 1. The molecular formula is C12H7BrCl2FNO2S. The normalized spacial score (nSPS) is 11.4. The predicted molar refractivity (Wildman–Crippen MR) is 81.4 cm³/mol. The molecule has 1 N–H and O–H groups in total. The summed E-state index contributed by atoms with van der Waals surface area (Å²) in [5, 5.41) is 0.236. The van der Waals surface area contributed by atoms with E-state index < -0.39 is 15.8 Å². The Morgan fingerprint density at radius 1 is 1.15 bits per heavy atom. The monoisotopic (exact) mass is 397 g/mol. The number of sulfonamides is 1. The van der Waals surface area contributed by atoms with E-state index in [1.807, 2.05) is 0 Å². The van der Waals surface area contributed by atoms with E-state index >= 15 is 0 Å². The number of hydrogen-bond acceptors (Lipinski definition) is 2. The topological polar surface area (TPSA) is 46.2 Å². The fourth-order valence-electron chi connectivity index (χ4n) is 1.47. The molecule has 0 aliphatic heterocycles. The Morgan fingerprint density at radius 3 is 2.45 bits per heavy atom. The van der Waals surface area contributed by atoms with Crippen LogP contribution in [0.5, 0.6) is 0 Å². The van der Waals surface area contributed by atoms with Gasteiger partial charge in [-0.15, -0.1) is 0 Å². The summed E-state index contributed by atoms with van der Waals surface area (Å²) in [6, 6.07) is 7.89. The van der Waals surface area contributed by atoms with Gasteiger partial charge in [-0.05, 0) is 46.3 Å². The average molecular weight is 399 g/mol. The zero-order valence-corrected chi connectivity index (χ0v) is 13.6. The summed E-state index contributed by atoms with van der Waals surface area (Å²) in [6.07, 6.45) is 0. The van der Waals surface area contributed by atoms with Crippen LogP contribution in [0.2, 0.25) is 10.0 Å². The second kappa shape index (κ2) is 5.89. The molecule has 0 saturated carbocycles. The van der Waals surface area contributed by atoms with Crippen LogP contribution >= 0.6 is 39.1 Å². The van der Waals surface area contributed by atoms with Crippen LogP contribution in [0.3, 0.4) is 0 Å². The molecule has 0 saturated heterocycles. The zero-order chi connectivity index (χ0) is 14.9. The lowest BCUT2D eigenvalue weighted by Gasteiger charge is -2.11. The van der Waals surface area contributed by atoms with Gasteiger partial charge in [0.2, 0.25) is 0 Å². The van der Waals surface area contributed by atoms with Gasteiger partial charge in [0, 0.05) is 9.50 Å². The molecule has 0 amide bonds. The number of nitrogens with one attached hydrogen (secondary N) is 1. The Kier molecular flexibility index (Phi) is 4.59. The second-order valence-corrected chi connectivity index (χ2v) is 7.19. The van der Waals surface area contributed by atoms with Crippen molar-refractivity contribution in [2.45, 2.75) is 4.90 Å². The minimum absolute atomic E-state index is 0.0164. The lowest BCUT2D eigenvalue weighted by Crippen LogP contribution is -2.13. The summed E-state index contributed by atoms with van der Waals surface area (Å²) >= 11 is 14.7. The van der Waals surface area contributed by atoms with Crippen molar-refractivity contribution in [2.75, 3.05) is 4.72 Å². The minimum atomic E-state index is -3.87. The van der Waals surface area contributed by atoms with Crippen LogP contribution in [0.1, 0.15) is 0 Å². The van der Waals surface area contributed by atoms with Crippen molar-refractivity contribution < 1.29 is 12.8 Å². The first-order valence-corrected chi connectivity index (χ1v) is 8.26. The predicted octanol–water partition coefficient (Wildman–Crippen LogP) is 4.70. The molecule has 0 atom stereocenters. The van der Waals surface area contributed by atoms with E-state index in [-0.39, 0.29) is 25.1 Å². The first-order chi connectivity index (χ1) is 9.29.